The third-order valence-electron chi connectivity index (χ3n) is 4.13. The highest BCUT2D eigenvalue weighted by molar-refractivity contribution is 5.94. The topological polar surface area (TPSA) is 41.6 Å². The van der Waals surface area contributed by atoms with E-state index in [9.17, 15) is 18.0 Å². The first-order valence-electron chi connectivity index (χ1n) is 8.57. The van der Waals surface area contributed by atoms with E-state index in [0.29, 0.717) is 13.2 Å². The third kappa shape index (κ3) is 5.72. The molecule has 0 radical (unpaired) electrons. The van der Waals surface area contributed by atoms with Gasteiger partial charge in [0.2, 0.25) is 0 Å². The monoisotopic (exact) mass is 380 g/mol. The molecule has 4 nitrogen and oxygen atoms in total. The second-order valence-corrected chi connectivity index (χ2v) is 6.27. The van der Waals surface area contributed by atoms with Gasteiger partial charge in [-0.3, -0.25) is 4.79 Å². The SMILES string of the molecule is CCOc1ccc(C(CNC(=O)c2ccc(C(F)(F)F)cc2)N(C)C)cc1. The highest BCUT2D eigenvalue weighted by Gasteiger charge is 2.30. The van der Waals surface area contributed by atoms with Gasteiger partial charge in [0.25, 0.3) is 5.91 Å². The molecule has 0 saturated carbocycles. The summed E-state index contributed by atoms with van der Waals surface area (Å²) in [4.78, 5) is 14.2. The molecule has 7 heteroatoms. The fraction of sp³-hybridized carbons (Fsp3) is 0.350. The predicted molar refractivity (Wildman–Crippen MR) is 97.8 cm³/mol. The van der Waals surface area contributed by atoms with Crippen molar-refractivity contribution in [2.24, 2.45) is 0 Å². The Bertz CT molecular complexity index is 741. The Morgan fingerprint density at radius 1 is 1.07 bits per heavy atom. The predicted octanol–water partition coefficient (Wildman–Crippen LogP) is 4.14. The molecule has 2 aromatic rings. The van der Waals surface area contributed by atoms with Crippen LogP contribution >= 0.6 is 0 Å². The van der Waals surface area contributed by atoms with Crippen molar-refractivity contribution < 1.29 is 22.7 Å². The first-order chi connectivity index (χ1) is 12.7. The van der Waals surface area contributed by atoms with Crippen LogP contribution in [0.3, 0.4) is 0 Å². The van der Waals surface area contributed by atoms with Gasteiger partial charge in [-0.15, -0.1) is 0 Å². The van der Waals surface area contributed by atoms with Crippen LogP contribution in [0.5, 0.6) is 5.75 Å². The van der Waals surface area contributed by atoms with E-state index in [4.69, 9.17) is 4.74 Å². The summed E-state index contributed by atoms with van der Waals surface area (Å²) in [5.41, 5.74) is 0.406. The highest BCUT2D eigenvalue weighted by Crippen LogP contribution is 2.29. The molecule has 0 aliphatic rings. The van der Waals surface area contributed by atoms with Crippen LogP contribution in [0.25, 0.3) is 0 Å². The number of hydrogen-bond acceptors (Lipinski definition) is 3. The Morgan fingerprint density at radius 3 is 2.15 bits per heavy atom. The number of nitrogens with zero attached hydrogens (tertiary/aromatic N) is 1. The van der Waals surface area contributed by atoms with E-state index in [0.717, 1.165) is 23.4 Å². The molecule has 1 unspecified atom stereocenters. The van der Waals surface area contributed by atoms with E-state index < -0.39 is 17.6 Å². The summed E-state index contributed by atoms with van der Waals surface area (Å²) in [7, 11) is 3.79. The number of rotatable bonds is 7. The van der Waals surface area contributed by atoms with Crippen molar-refractivity contribution in [3.63, 3.8) is 0 Å². The van der Waals surface area contributed by atoms with E-state index in [2.05, 4.69) is 5.32 Å². The van der Waals surface area contributed by atoms with Gasteiger partial charge in [-0.2, -0.15) is 13.2 Å². The molecule has 0 aromatic heterocycles. The van der Waals surface area contributed by atoms with Crippen molar-refractivity contribution in [1.29, 1.82) is 0 Å². The average Bonchev–Trinajstić information content (AvgIpc) is 2.62. The quantitative estimate of drug-likeness (QED) is 0.785. The number of benzene rings is 2. The number of hydrogen-bond donors (Lipinski definition) is 1. The number of halogens is 3. The number of ether oxygens (including phenoxy) is 1. The molecule has 0 saturated heterocycles. The van der Waals surface area contributed by atoms with Crippen molar-refractivity contribution in [3.05, 3.63) is 65.2 Å². The van der Waals surface area contributed by atoms with Crippen molar-refractivity contribution >= 4 is 5.91 Å². The number of alkyl halides is 3. The molecule has 0 spiro atoms. The minimum Gasteiger partial charge on any atom is -0.494 e. The molecule has 146 valence electrons. The van der Waals surface area contributed by atoms with Gasteiger partial charge in [-0.05, 0) is 63.0 Å². The Morgan fingerprint density at radius 2 is 1.67 bits per heavy atom. The van der Waals surface area contributed by atoms with E-state index in [-0.39, 0.29) is 11.6 Å². The fourth-order valence-corrected chi connectivity index (χ4v) is 2.65. The molecule has 0 aliphatic heterocycles. The zero-order chi connectivity index (χ0) is 20.0. The van der Waals surface area contributed by atoms with Gasteiger partial charge in [-0.1, -0.05) is 12.1 Å². The van der Waals surface area contributed by atoms with Gasteiger partial charge >= 0.3 is 6.18 Å². The zero-order valence-corrected chi connectivity index (χ0v) is 15.5. The van der Waals surface area contributed by atoms with Crippen molar-refractivity contribution in [3.8, 4) is 5.75 Å². The maximum absolute atomic E-state index is 12.6. The Balaban J connectivity index is 2.03. The molecule has 1 atom stereocenters. The molecule has 1 N–H and O–H groups in total. The lowest BCUT2D eigenvalue weighted by Gasteiger charge is -2.25. The van der Waals surface area contributed by atoms with Crippen molar-refractivity contribution in [2.45, 2.75) is 19.1 Å². The van der Waals surface area contributed by atoms with Gasteiger partial charge in [0.1, 0.15) is 5.75 Å². The van der Waals surface area contributed by atoms with Gasteiger partial charge in [0.05, 0.1) is 18.2 Å². The van der Waals surface area contributed by atoms with E-state index in [1.54, 1.807) is 0 Å². The van der Waals surface area contributed by atoms with Gasteiger partial charge in [0.15, 0.2) is 0 Å². The summed E-state index contributed by atoms with van der Waals surface area (Å²) < 4.78 is 43.3. The third-order valence-corrected chi connectivity index (χ3v) is 4.13. The first-order valence-corrected chi connectivity index (χ1v) is 8.57. The molecule has 0 fully saturated rings. The van der Waals surface area contributed by atoms with Crippen LogP contribution in [-0.2, 0) is 6.18 Å². The van der Waals surface area contributed by atoms with Gasteiger partial charge in [0, 0.05) is 12.1 Å². The van der Waals surface area contributed by atoms with Gasteiger partial charge < -0.3 is 15.0 Å². The highest BCUT2D eigenvalue weighted by atomic mass is 19.4. The Hall–Kier alpha value is -2.54. The van der Waals surface area contributed by atoms with Gasteiger partial charge in [-0.25, -0.2) is 0 Å². The summed E-state index contributed by atoms with van der Waals surface area (Å²) in [5, 5.41) is 2.78. The number of carbonyl (C=O) groups excluding carboxylic acids is 1. The first kappa shape index (κ1) is 20.8. The lowest BCUT2D eigenvalue weighted by Crippen LogP contribution is -2.34. The molecule has 27 heavy (non-hydrogen) atoms. The van der Waals surface area contributed by atoms with Crippen LogP contribution in [-0.4, -0.2) is 38.1 Å². The molecule has 2 rings (SSSR count). The largest absolute Gasteiger partial charge is 0.494 e. The average molecular weight is 380 g/mol. The molecular weight excluding hydrogens is 357 g/mol. The van der Waals surface area contributed by atoms with Crippen LogP contribution in [0.2, 0.25) is 0 Å². The number of amides is 1. The number of likely N-dealkylation sites (N-methyl/N-ethyl adjacent to an activating group) is 1. The summed E-state index contributed by atoms with van der Waals surface area (Å²) in [6.45, 7) is 2.81. The summed E-state index contributed by atoms with van der Waals surface area (Å²) >= 11 is 0. The minimum absolute atomic E-state index is 0.0842. The summed E-state index contributed by atoms with van der Waals surface area (Å²) in [6.07, 6.45) is -4.42. The lowest BCUT2D eigenvalue weighted by atomic mass is 10.1. The van der Waals surface area contributed by atoms with E-state index in [1.807, 2.05) is 50.2 Å². The molecule has 0 bridgehead atoms. The maximum atomic E-state index is 12.6. The lowest BCUT2D eigenvalue weighted by molar-refractivity contribution is -0.137. The van der Waals surface area contributed by atoms with Crippen LogP contribution < -0.4 is 10.1 Å². The van der Waals surface area contributed by atoms with E-state index in [1.165, 1.54) is 12.1 Å². The fourth-order valence-electron chi connectivity index (χ4n) is 2.65. The second-order valence-electron chi connectivity index (χ2n) is 6.27. The zero-order valence-electron chi connectivity index (χ0n) is 15.5. The molecule has 0 heterocycles. The normalized spacial score (nSPS) is 12.7. The van der Waals surface area contributed by atoms with Crippen LogP contribution in [0.15, 0.2) is 48.5 Å². The minimum atomic E-state index is -4.42. The Labute approximate surface area is 156 Å². The molecular formula is C20H23F3N2O2. The Kier molecular flexibility index (Phi) is 6.85. The van der Waals surface area contributed by atoms with Crippen molar-refractivity contribution in [1.82, 2.24) is 10.2 Å². The summed E-state index contributed by atoms with van der Waals surface area (Å²) in [5.74, 6) is 0.356. The molecule has 2 aromatic carbocycles. The standard InChI is InChI=1S/C20H23F3N2O2/c1-4-27-17-11-7-14(8-12-17)18(25(2)3)13-24-19(26)15-5-9-16(10-6-15)20(21,22)23/h5-12,18H,4,13H2,1-3H3,(H,24,26). The van der Waals surface area contributed by atoms with Crippen LogP contribution in [0.4, 0.5) is 13.2 Å². The molecule has 1 amide bonds. The summed E-state index contributed by atoms with van der Waals surface area (Å²) in [6, 6.07) is 11.7. The second kappa shape index (κ2) is 8.90. The van der Waals surface area contributed by atoms with Crippen molar-refractivity contribution in [2.75, 3.05) is 27.2 Å². The number of nitrogens with one attached hydrogen (secondary N) is 1. The van der Waals surface area contributed by atoms with Crippen LogP contribution in [0.1, 0.15) is 34.5 Å². The van der Waals surface area contributed by atoms with Crippen LogP contribution in [0, 0.1) is 0 Å². The smallest absolute Gasteiger partial charge is 0.416 e. The number of carbonyl (C=O) groups is 1. The van der Waals surface area contributed by atoms with E-state index >= 15 is 0 Å². The maximum Gasteiger partial charge on any atom is 0.416 e. The molecule has 0 aliphatic carbocycles.